The van der Waals surface area contributed by atoms with Gasteiger partial charge in [-0.05, 0) is 26.0 Å². The van der Waals surface area contributed by atoms with Crippen molar-refractivity contribution >= 4 is 5.95 Å². The Hall–Kier alpha value is -2.17. The Bertz CT molecular complexity index is 562. The quantitative estimate of drug-likeness (QED) is 0.836. The van der Waals surface area contributed by atoms with Gasteiger partial charge in [0.15, 0.2) is 0 Å². The highest BCUT2D eigenvalue weighted by atomic mass is 16.1. The summed E-state index contributed by atoms with van der Waals surface area (Å²) in [5.41, 5.74) is 2.17. The molecule has 0 aliphatic carbocycles. The van der Waals surface area contributed by atoms with Crippen LogP contribution in [0.25, 0.3) is 0 Å². The number of anilines is 1. The van der Waals surface area contributed by atoms with Gasteiger partial charge in [0.2, 0.25) is 5.95 Å². The van der Waals surface area contributed by atoms with Crippen molar-refractivity contribution in [2.24, 2.45) is 0 Å². The van der Waals surface area contributed by atoms with E-state index < -0.39 is 0 Å². The van der Waals surface area contributed by atoms with E-state index in [2.05, 4.69) is 20.3 Å². The molecule has 0 fully saturated rings. The van der Waals surface area contributed by atoms with Crippen LogP contribution in [0.1, 0.15) is 17.0 Å². The van der Waals surface area contributed by atoms with Gasteiger partial charge in [-0.2, -0.15) is 0 Å². The molecule has 2 aromatic heterocycles. The van der Waals surface area contributed by atoms with E-state index in [1.807, 2.05) is 25.1 Å². The van der Waals surface area contributed by atoms with Crippen LogP contribution in [0.5, 0.6) is 0 Å². The maximum atomic E-state index is 11.5. The molecule has 2 heterocycles. The number of hydrogen-bond donors (Lipinski definition) is 2. The molecule has 88 valence electrons. The molecule has 0 saturated carbocycles. The van der Waals surface area contributed by atoms with Gasteiger partial charge in [0.1, 0.15) is 0 Å². The van der Waals surface area contributed by atoms with Crippen molar-refractivity contribution in [1.29, 1.82) is 0 Å². The minimum absolute atomic E-state index is 0.110. The summed E-state index contributed by atoms with van der Waals surface area (Å²) in [6.45, 7) is 4.10. The monoisotopic (exact) mass is 230 g/mol. The topological polar surface area (TPSA) is 70.7 Å². The van der Waals surface area contributed by atoms with Crippen LogP contribution in [-0.4, -0.2) is 15.0 Å². The van der Waals surface area contributed by atoms with Gasteiger partial charge in [-0.15, -0.1) is 0 Å². The first-order chi connectivity index (χ1) is 8.16. The van der Waals surface area contributed by atoms with E-state index in [1.54, 1.807) is 13.1 Å². The second kappa shape index (κ2) is 4.78. The molecule has 0 bridgehead atoms. The van der Waals surface area contributed by atoms with Crippen molar-refractivity contribution < 1.29 is 0 Å². The Labute approximate surface area is 99.0 Å². The van der Waals surface area contributed by atoms with Crippen molar-refractivity contribution in [3.63, 3.8) is 0 Å². The molecule has 0 aromatic carbocycles. The zero-order valence-corrected chi connectivity index (χ0v) is 9.82. The van der Waals surface area contributed by atoms with E-state index in [0.29, 0.717) is 18.1 Å². The van der Waals surface area contributed by atoms with Crippen molar-refractivity contribution in [2.45, 2.75) is 20.4 Å². The number of nitrogens with one attached hydrogen (secondary N) is 2. The van der Waals surface area contributed by atoms with Crippen LogP contribution in [0, 0.1) is 13.8 Å². The Morgan fingerprint density at radius 3 is 2.82 bits per heavy atom. The number of pyridine rings is 1. The zero-order chi connectivity index (χ0) is 12.3. The average Bonchev–Trinajstić information content (AvgIpc) is 2.34. The van der Waals surface area contributed by atoms with E-state index in [0.717, 1.165) is 11.4 Å². The van der Waals surface area contributed by atoms with Crippen LogP contribution < -0.4 is 10.9 Å². The van der Waals surface area contributed by atoms with Gasteiger partial charge in [-0.1, -0.05) is 6.07 Å². The average molecular weight is 230 g/mol. The van der Waals surface area contributed by atoms with Gasteiger partial charge >= 0.3 is 0 Å². The fraction of sp³-hybridized carbons (Fsp3) is 0.250. The highest BCUT2D eigenvalue weighted by molar-refractivity contribution is 5.29. The maximum Gasteiger partial charge on any atom is 0.255 e. The Kier molecular flexibility index (Phi) is 3.18. The standard InChI is InChI=1S/C12H14N4O/c1-8-9(2)15-12(16-11(8)17)14-7-10-5-3-4-6-13-10/h3-6H,7H2,1-2H3,(H2,14,15,16,17). The van der Waals surface area contributed by atoms with E-state index in [9.17, 15) is 4.79 Å². The summed E-state index contributed by atoms with van der Waals surface area (Å²) in [6, 6.07) is 5.69. The van der Waals surface area contributed by atoms with Crippen LogP contribution in [0.4, 0.5) is 5.95 Å². The smallest absolute Gasteiger partial charge is 0.255 e. The fourth-order valence-corrected chi connectivity index (χ4v) is 1.41. The van der Waals surface area contributed by atoms with E-state index in [-0.39, 0.29) is 5.56 Å². The van der Waals surface area contributed by atoms with Crippen molar-refractivity contribution in [3.05, 3.63) is 51.7 Å². The number of aromatic amines is 1. The molecule has 2 aromatic rings. The SMILES string of the molecule is Cc1nc(NCc2ccccn2)[nH]c(=O)c1C. The van der Waals surface area contributed by atoms with Gasteiger partial charge in [0.05, 0.1) is 12.2 Å². The number of rotatable bonds is 3. The van der Waals surface area contributed by atoms with Crippen LogP contribution in [0.2, 0.25) is 0 Å². The predicted octanol–water partition coefficient (Wildman–Crippen LogP) is 1.39. The maximum absolute atomic E-state index is 11.5. The lowest BCUT2D eigenvalue weighted by atomic mass is 10.3. The van der Waals surface area contributed by atoms with E-state index in [4.69, 9.17) is 0 Å². The molecule has 0 aliphatic heterocycles. The van der Waals surface area contributed by atoms with Crippen molar-refractivity contribution in [1.82, 2.24) is 15.0 Å². The molecule has 0 atom stereocenters. The summed E-state index contributed by atoms with van der Waals surface area (Å²) in [5.74, 6) is 0.476. The first-order valence-electron chi connectivity index (χ1n) is 5.38. The third-order valence-corrected chi connectivity index (χ3v) is 2.56. The van der Waals surface area contributed by atoms with Crippen molar-refractivity contribution in [3.8, 4) is 0 Å². The van der Waals surface area contributed by atoms with Crippen LogP contribution in [0.15, 0.2) is 29.2 Å². The number of nitrogens with zero attached hydrogens (tertiary/aromatic N) is 2. The fourth-order valence-electron chi connectivity index (χ4n) is 1.41. The number of hydrogen-bond acceptors (Lipinski definition) is 4. The number of aryl methyl sites for hydroxylation is 1. The first kappa shape index (κ1) is 11.3. The second-order valence-corrected chi connectivity index (χ2v) is 3.80. The minimum Gasteiger partial charge on any atom is -0.350 e. The lowest BCUT2D eigenvalue weighted by Crippen LogP contribution is -2.17. The summed E-state index contributed by atoms with van der Waals surface area (Å²) >= 11 is 0. The molecule has 0 radical (unpaired) electrons. The molecule has 2 rings (SSSR count). The van der Waals surface area contributed by atoms with E-state index in [1.165, 1.54) is 0 Å². The third kappa shape index (κ3) is 2.69. The normalized spacial score (nSPS) is 10.2. The summed E-state index contributed by atoms with van der Waals surface area (Å²) in [7, 11) is 0. The minimum atomic E-state index is -0.110. The molecule has 0 amide bonds. The van der Waals surface area contributed by atoms with E-state index >= 15 is 0 Å². The molecule has 5 nitrogen and oxygen atoms in total. The van der Waals surface area contributed by atoms with Gasteiger partial charge in [-0.3, -0.25) is 14.8 Å². The highest BCUT2D eigenvalue weighted by Crippen LogP contribution is 2.02. The molecule has 2 N–H and O–H groups in total. The molecule has 5 heteroatoms. The molecular weight excluding hydrogens is 216 g/mol. The lowest BCUT2D eigenvalue weighted by molar-refractivity contribution is 0.962. The molecule has 0 spiro atoms. The Balaban J connectivity index is 2.13. The summed E-state index contributed by atoms with van der Waals surface area (Å²) < 4.78 is 0. The number of aromatic nitrogens is 3. The predicted molar refractivity (Wildman–Crippen MR) is 65.9 cm³/mol. The third-order valence-electron chi connectivity index (χ3n) is 2.56. The Morgan fingerprint density at radius 2 is 2.18 bits per heavy atom. The highest BCUT2D eigenvalue weighted by Gasteiger charge is 2.03. The number of H-pyrrole nitrogens is 1. The van der Waals surface area contributed by atoms with Gasteiger partial charge in [0.25, 0.3) is 5.56 Å². The lowest BCUT2D eigenvalue weighted by Gasteiger charge is -2.06. The van der Waals surface area contributed by atoms with Crippen LogP contribution in [-0.2, 0) is 6.54 Å². The van der Waals surface area contributed by atoms with Crippen LogP contribution in [0.3, 0.4) is 0 Å². The molecular formula is C12H14N4O. The summed E-state index contributed by atoms with van der Waals surface area (Å²) in [4.78, 5) is 22.6. The van der Waals surface area contributed by atoms with Gasteiger partial charge < -0.3 is 5.32 Å². The first-order valence-corrected chi connectivity index (χ1v) is 5.38. The molecule has 0 aliphatic rings. The van der Waals surface area contributed by atoms with Gasteiger partial charge in [-0.25, -0.2) is 4.98 Å². The Morgan fingerprint density at radius 1 is 1.35 bits per heavy atom. The molecule has 17 heavy (non-hydrogen) atoms. The summed E-state index contributed by atoms with van der Waals surface area (Å²) in [5, 5.41) is 3.04. The van der Waals surface area contributed by atoms with Crippen molar-refractivity contribution in [2.75, 3.05) is 5.32 Å². The summed E-state index contributed by atoms with van der Waals surface area (Å²) in [6.07, 6.45) is 1.73. The van der Waals surface area contributed by atoms with Gasteiger partial charge in [0, 0.05) is 17.5 Å². The largest absolute Gasteiger partial charge is 0.350 e. The second-order valence-electron chi connectivity index (χ2n) is 3.80. The molecule has 0 unspecified atom stereocenters. The molecule has 0 saturated heterocycles. The zero-order valence-electron chi connectivity index (χ0n) is 9.82. The van der Waals surface area contributed by atoms with Crippen LogP contribution >= 0.6 is 0 Å².